The van der Waals surface area contributed by atoms with E-state index in [0.29, 0.717) is 35.8 Å². The van der Waals surface area contributed by atoms with Crippen LogP contribution in [0.3, 0.4) is 0 Å². The van der Waals surface area contributed by atoms with E-state index in [4.69, 9.17) is 16.3 Å². The van der Waals surface area contributed by atoms with E-state index >= 15 is 0 Å². The maximum absolute atomic E-state index is 13.2. The molecule has 4 unspecified atom stereocenters. The van der Waals surface area contributed by atoms with Gasteiger partial charge < -0.3 is 10.1 Å². The number of nitrogens with one attached hydrogen (secondary N) is 2. The summed E-state index contributed by atoms with van der Waals surface area (Å²) in [7, 11) is 1.58. The molecule has 8 heteroatoms. The van der Waals surface area contributed by atoms with Gasteiger partial charge in [0.15, 0.2) is 0 Å². The number of rotatable bonds is 4. The van der Waals surface area contributed by atoms with Gasteiger partial charge in [0.2, 0.25) is 17.7 Å². The van der Waals surface area contributed by atoms with E-state index in [2.05, 4.69) is 10.6 Å². The number of likely N-dealkylation sites (tertiary alicyclic amines) is 1. The smallest absolute Gasteiger partial charge is 0.250 e. The second kappa shape index (κ2) is 6.29. The highest BCUT2D eigenvalue weighted by Crippen LogP contribution is 2.53. The van der Waals surface area contributed by atoms with Crippen LogP contribution in [0.4, 0.5) is 5.69 Å². The molecule has 1 aromatic carbocycles. The molecular formula is C19H22ClN3O4. The topological polar surface area (TPSA) is 87.7 Å². The molecule has 1 spiro atoms. The summed E-state index contributed by atoms with van der Waals surface area (Å²) in [4.78, 5) is 40.6. The molecule has 0 radical (unpaired) electrons. The van der Waals surface area contributed by atoms with Crippen molar-refractivity contribution in [2.75, 3.05) is 25.6 Å². The molecule has 0 bridgehead atoms. The summed E-state index contributed by atoms with van der Waals surface area (Å²) in [5.41, 5.74) is 0.836. The van der Waals surface area contributed by atoms with Gasteiger partial charge in [-0.2, -0.15) is 0 Å². The molecule has 144 valence electrons. The SMILES string of the molecule is COCCCN1C(=O)C2C(C)NC3(C(=O)Nc4c3ccc(Cl)c4C)C2C1=O. The number of carbonyl (C=O) groups excluding carboxylic acids is 3. The van der Waals surface area contributed by atoms with Crippen molar-refractivity contribution in [2.24, 2.45) is 11.8 Å². The van der Waals surface area contributed by atoms with Crippen LogP contribution in [0.5, 0.6) is 0 Å². The van der Waals surface area contributed by atoms with Gasteiger partial charge in [0.1, 0.15) is 5.54 Å². The molecule has 1 aromatic rings. The number of anilines is 1. The minimum absolute atomic E-state index is 0.218. The van der Waals surface area contributed by atoms with Crippen LogP contribution in [0.15, 0.2) is 12.1 Å². The monoisotopic (exact) mass is 391 g/mol. The Hall–Kier alpha value is -1.96. The lowest BCUT2D eigenvalue weighted by atomic mass is 9.76. The molecule has 3 aliphatic rings. The first-order valence-corrected chi connectivity index (χ1v) is 9.45. The van der Waals surface area contributed by atoms with Crippen LogP contribution in [0, 0.1) is 18.8 Å². The Labute approximate surface area is 162 Å². The number of hydrogen-bond donors (Lipinski definition) is 2. The predicted molar refractivity (Wildman–Crippen MR) is 99.3 cm³/mol. The van der Waals surface area contributed by atoms with E-state index in [1.54, 1.807) is 19.2 Å². The number of amides is 3. The van der Waals surface area contributed by atoms with E-state index in [9.17, 15) is 14.4 Å². The van der Waals surface area contributed by atoms with E-state index in [0.717, 1.165) is 5.56 Å². The lowest BCUT2D eigenvalue weighted by Gasteiger charge is -2.29. The van der Waals surface area contributed by atoms with Crippen molar-refractivity contribution in [3.05, 3.63) is 28.3 Å². The zero-order chi connectivity index (χ0) is 19.5. The fraction of sp³-hybridized carbons (Fsp3) is 0.526. The third kappa shape index (κ3) is 2.31. The van der Waals surface area contributed by atoms with Crippen molar-refractivity contribution in [3.8, 4) is 0 Å². The Morgan fingerprint density at radius 3 is 2.70 bits per heavy atom. The molecule has 2 fully saturated rings. The third-order valence-electron chi connectivity index (χ3n) is 6.05. The molecule has 7 nitrogen and oxygen atoms in total. The van der Waals surface area contributed by atoms with Gasteiger partial charge in [-0.25, -0.2) is 0 Å². The molecule has 2 N–H and O–H groups in total. The van der Waals surface area contributed by atoms with E-state index < -0.39 is 17.4 Å². The maximum Gasteiger partial charge on any atom is 0.250 e. The number of benzene rings is 1. The molecule has 3 aliphatic heterocycles. The normalized spacial score (nSPS) is 31.6. The summed E-state index contributed by atoms with van der Waals surface area (Å²) >= 11 is 6.21. The van der Waals surface area contributed by atoms with Crippen molar-refractivity contribution >= 4 is 35.0 Å². The van der Waals surface area contributed by atoms with Crippen molar-refractivity contribution < 1.29 is 19.1 Å². The number of carbonyl (C=O) groups is 3. The lowest BCUT2D eigenvalue weighted by molar-refractivity contribution is -0.143. The quantitative estimate of drug-likeness (QED) is 0.598. The average molecular weight is 392 g/mol. The van der Waals surface area contributed by atoms with Gasteiger partial charge in [-0.15, -0.1) is 0 Å². The highest BCUT2D eigenvalue weighted by atomic mass is 35.5. The second-order valence-electron chi connectivity index (χ2n) is 7.47. The largest absolute Gasteiger partial charge is 0.385 e. The summed E-state index contributed by atoms with van der Waals surface area (Å²) < 4.78 is 5.03. The fourth-order valence-electron chi connectivity index (χ4n) is 4.80. The molecule has 4 rings (SSSR count). The fourth-order valence-corrected chi connectivity index (χ4v) is 4.96. The molecule has 4 atom stereocenters. The van der Waals surface area contributed by atoms with Crippen molar-refractivity contribution in [1.29, 1.82) is 0 Å². The lowest BCUT2D eigenvalue weighted by Crippen LogP contribution is -2.53. The second-order valence-corrected chi connectivity index (χ2v) is 7.88. The van der Waals surface area contributed by atoms with Gasteiger partial charge in [-0.05, 0) is 31.9 Å². The third-order valence-corrected chi connectivity index (χ3v) is 6.46. The first-order valence-electron chi connectivity index (χ1n) is 9.07. The van der Waals surface area contributed by atoms with Gasteiger partial charge in [-0.1, -0.05) is 17.7 Å². The van der Waals surface area contributed by atoms with Crippen molar-refractivity contribution in [3.63, 3.8) is 0 Å². The number of nitrogens with zero attached hydrogens (tertiary/aromatic N) is 1. The molecule has 27 heavy (non-hydrogen) atoms. The van der Waals surface area contributed by atoms with Gasteiger partial charge in [0.25, 0.3) is 0 Å². The summed E-state index contributed by atoms with van der Waals surface area (Å²) in [5.74, 6) is -2.14. The van der Waals surface area contributed by atoms with Crippen LogP contribution in [0.2, 0.25) is 5.02 Å². The van der Waals surface area contributed by atoms with Gasteiger partial charge in [-0.3, -0.25) is 24.6 Å². The molecule has 3 amide bonds. The predicted octanol–water partition coefficient (Wildman–Crippen LogP) is 1.43. The minimum atomic E-state index is -1.24. The Bertz CT molecular complexity index is 858. The zero-order valence-electron chi connectivity index (χ0n) is 15.5. The van der Waals surface area contributed by atoms with Crippen LogP contribution < -0.4 is 10.6 Å². The summed E-state index contributed by atoms with van der Waals surface area (Å²) in [6.45, 7) is 4.45. The Kier molecular flexibility index (Phi) is 4.29. The minimum Gasteiger partial charge on any atom is -0.385 e. The first kappa shape index (κ1) is 18.4. The van der Waals surface area contributed by atoms with Crippen LogP contribution in [0.1, 0.15) is 24.5 Å². The number of fused-ring (bicyclic) bond motifs is 4. The van der Waals surface area contributed by atoms with E-state index in [1.165, 1.54) is 4.90 Å². The molecular weight excluding hydrogens is 370 g/mol. The summed E-state index contributed by atoms with van der Waals surface area (Å²) in [6, 6.07) is 3.21. The molecule has 0 saturated carbocycles. The Morgan fingerprint density at radius 2 is 2.00 bits per heavy atom. The van der Waals surface area contributed by atoms with Gasteiger partial charge in [0.05, 0.1) is 17.5 Å². The highest BCUT2D eigenvalue weighted by Gasteiger charge is 2.69. The first-order chi connectivity index (χ1) is 12.8. The summed E-state index contributed by atoms with van der Waals surface area (Å²) in [6.07, 6.45) is 0.569. The number of imide groups is 1. The van der Waals surface area contributed by atoms with E-state index in [1.807, 2.05) is 13.8 Å². The summed E-state index contributed by atoms with van der Waals surface area (Å²) in [5, 5.41) is 6.72. The van der Waals surface area contributed by atoms with Crippen LogP contribution in [-0.2, 0) is 24.7 Å². The number of ether oxygens (including phenoxy) is 1. The molecule has 0 aliphatic carbocycles. The number of hydrogen-bond acceptors (Lipinski definition) is 5. The van der Waals surface area contributed by atoms with E-state index in [-0.39, 0.29) is 23.8 Å². The highest BCUT2D eigenvalue weighted by molar-refractivity contribution is 6.32. The van der Waals surface area contributed by atoms with Crippen LogP contribution in [-0.4, -0.2) is 48.9 Å². The average Bonchev–Trinajstić information content (AvgIpc) is 3.18. The Balaban J connectivity index is 1.79. The molecule has 0 aromatic heterocycles. The Morgan fingerprint density at radius 1 is 1.26 bits per heavy atom. The standard InChI is InChI=1S/C19H22ClN3O4/c1-9-12(20)6-5-11-15(9)21-18(26)19(11)14-13(10(2)22-19)16(24)23(17(14)25)7-4-8-27-3/h5-6,10,13-14,22H,4,7-8H2,1-3H3,(H,21,26). The molecule has 2 saturated heterocycles. The van der Waals surface area contributed by atoms with Gasteiger partial charge in [0, 0.05) is 36.9 Å². The van der Waals surface area contributed by atoms with Crippen molar-refractivity contribution in [2.45, 2.75) is 31.8 Å². The molecule has 3 heterocycles. The van der Waals surface area contributed by atoms with Crippen LogP contribution in [0.25, 0.3) is 0 Å². The number of methoxy groups -OCH3 is 1. The van der Waals surface area contributed by atoms with Crippen LogP contribution >= 0.6 is 11.6 Å². The zero-order valence-corrected chi connectivity index (χ0v) is 16.2. The van der Waals surface area contributed by atoms with Gasteiger partial charge >= 0.3 is 0 Å². The number of halogens is 1. The maximum atomic E-state index is 13.2. The van der Waals surface area contributed by atoms with Crippen molar-refractivity contribution in [1.82, 2.24) is 10.2 Å².